The summed E-state index contributed by atoms with van der Waals surface area (Å²) in [6.07, 6.45) is 0. The lowest BCUT2D eigenvalue weighted by molar-refractivity contribution is -0.384. The van der Waals surface area contributed by atoms with Gasteiger partial charge < -0.3 is 14.8 Å². The third-order valence-corrected chi connectivity index (χ3v) is 6.47. The number of nitro groups is 1. The van der Waals surface area contributed by atoms with Crippen molar-refractivity contribution < 1.29 is 23.6 Å². The van der Waals surface area contributed by atoms with E-state index in [0.29, 0.717) is 11.5 Å². The van der Waals surface area contributed by atoms with Crippen LogP contribution in [0.2, 0.25) is 5.02 Å². The molecule has 0 aliphatic heterocycles. The second-order valence-electron chi connectivity index (χ2n) is 6.69. The van der Waals surface area contributed by atoms with E-state index in [1.165, 1.54) is 26.4 Å². The molecule has 0 fully saturated rings. The zero-order chi connectivity index (χ0) is 24.3. The number of anilines is 1. The number of halogens is 4. The van der Waals surface area contributed by atoms with E-state index >= 15 is 0 Å². The number of rotatable bonds is 8. The number of hydrogen-bond donors (Lipinski definition) is 1. The topological polar surface area (TPSA) is 90.7 Å². The summed E-state index contributed by atoms with van der Waals surface area (Å²) in [6.45, 7) is 0.190. The van der Waals surface area contributed by atoms with Gasteiger partial charge in [0.1, 0.15) is 27.5 Å². The fourth-order valence-electron chi connectivity index (χ4n) is 3.12. The lowest BCUT2D eigenvalue weighted by atomic mass is 10.0. The minimum absolute atomic E-state index is 0.0247. The molecule has 7 nitrogen and oxygen atoms in total. The molecule has 0 saturated carbocycles. The van der Waals surface area contributed by atoms with Crippen molar-refractivity contribution in [2.75, 3.05) is 19.5 Å². The van der Waals surface area contributed by atoms with Gasteiger partial charge in [0.2, 0.25) is 0 Å². The smallest absolute Gasteiger partial charge is 0.307 e. The Morgan fingerprint density at radius 2 is 1.88 bits per heavy atom. The standard InChI is InChI=1S/C22H16Br2ClFN2O5/c1-32-13-5-3-11(18(8-13)33-2)10-27-17-9-15(23)19(20(24)21(17)28(30)31)22(29)14-7-12(26)4-6-16(14)25/h3-9,27H,10H2,1-2H3. The lowest BCUT2D eigenvalue weighted by Crippen LogP contribution is -2.10. The van der Waals surface area contributed by atoms with Crippen LogP contribution in [-0.4, -0.2) is 24.9 Å². The van der Waals surface area contributed by atoms with Crippen LogP contribution in [0, 0.1) is 15.9 Å². The number of methoxy groups -OCH3 is 2. The average Bonchev–Trinajstić information content (AvgIpc) is 2.78. The zero-order valence-electron chi connectivity index (χ0n) is 17.2. The summed E-state index contributed by atoms with van der Waals surface area (Å²) in [4.78, 5) is 24.4. The van der Waals surface area contributed by atoms with E-state index in [4.69, 9.17) is 21.1 Å². The van der Waals surface area contributed by atoms with Crippen LogP contribution in [0.3, 0.4) is 0 Å². The first-order valence-corrected chi connectivity index (χ1v) is 11.2. The maximum absolute atomic E-state index is 13.7. The molecular weight excluding hydrogens is 587 g/mol. The summed E-state index contributed by atoms with van der Waals surface area (Å²) in [5.74, 6) is -0.193. The highest BCUT2D eigenvalue weighted by molar-refractivity contribution is 9.11. The SMILES string of the molecule is COc1ccc(CNc2cc(Br)c(C(=O)c3cc(F)ccc3Cl)c(Br)c2[N+](=O)[O-])c(OC)c1. The van der Waals surface area contributed by atoms with Crippen molar-refractivity contribution in [1.82, 2.24) is 0 Å². The number of carbonyl (C=O) groups is 1. The molecule has 3 aromatic carbocycles. The average molecular weight is 603 g/mol. The molecule has 11 heteroatoms. The summed E-state index contributed by atoms with van der Waals surface area (Å²) >= 11 is 12.6. The Hall–Kier alpha value is -2.69. The molecule has 1 N–H and O–H groups in total. The predicted molar refractivity (Wildman–Crippen MR) is 130 cm³/mol. The second kappa shape index (κ2) is 10.5. The quantitative estimate of drug-likeness (QED) is 0.174. The van der Waals surface area contributed by atoms with Gasteiger partial charge in [0.05, 0.1) is 29.7 Å². The predicted octanol–water partition coefficient (Wildman–Crippen LogP) is 6.77. The van der Waals surface area contributed by atoms with E-state index in [0.717, 1.165) is 17.7 Å². The Kier molecular flexibility index (Phi) is 7.93. The van der Waals surface area contributed by atoms with Gasteiger partial charge in [0.25, 0.3) is 0 Å². The van der Waals surface area contributed by atoms with Crippen LogP contribution in [0.5, 0.6) is 11.5 Å². The first-order valence-electron chi connectivity index (χ1n) is 9.28. The van der Waals surface area contributed by atoms with Crippen LogP contribution < -0.4 is 14.8 Å². The van der Waals surface area contributed by atoms with Crippen molar-refractivity contribution in [1.29, 1.82) is 0 Å². The minimum Gasteiger partial charge on any atom is -0.497 e. The highest BCUT2D eigenvalue weighted by Gasteiger charge is 2.29. The molecule has 0 amide bonds. The normalized spacial score (nSPS) is 10.6. The van der Waals surface area contributed by atoms with Crippen molar-refractivity contribution >= 4 is 60.6 Å². The molecular formula is C22H16Br2ClFN2O5. The molecule has 3 aromatic rings. The van der Waals surface area contributed by atoms with Crippen molar-refractivity contribution in [3.05, 3.63) is 89.1 Å². The molecule has 0 unspecified atom stereocenters. The van der Waals surface area contributed by atoms with E-state index in [2.05, 4.69) is 37.2 Å². The largest absolute Gasteiger partial charge is 0.497 e. The summed E-state index contributed by atoms with van der Waals surface area (Å²) < 4.78 is 24.4. The van der Waals surface area contributed by atoms with Crippen LogP contribution in [0.15, 0.2) is 51.4 Å². The van der Waals surface area contributed by atoms with E-state index in [-0.39, 0.29) is 43.0 Å². The highest BCUT2D eigenvalue weighted by atomic mass is 79.9. The Labute approximate surface area is 210 Å². The van der Waals surface area contributed by atoms with Gasteiger partial charge in [-0.05, 0) is 68.3 Å². The first-order chi connectivity index (χ1) is 15.7. The van der Waals surface area contributed by atoms with Crippen LogP contribution in [0.1, 0.15) is 21.5 Å². The Balaban J connectivity index is 2.02. The number of nitrogens with zero attached hydrogens (tertiary/aromatic N) is 1. The fourth-order valence-corrected chi connectivity index (χ4v) is 4.95. The molecule has 172 valence electrons. The molecule has 0 saturated heterocycles. The van der Waals surface area contributed by atoms with Gasteiger partial charge >= 0.3 is 5.69 Å². The first kappa shape index (κ1) is 24.9. The third kappa shape index (κ3) is 5.29. The molecule has 0 bridgehead atoms. The van der Waals surface area contributed by atoms with Crippen molar-refractivity contribution in [2.24, 2.45) is 0 Å². The third-order valence-electron chi connectivity index (χ3n) is 4.74. The molecule has 0 aliphatic rings. The number of ketones is 1. The van der Waals surface area contributed by atoms with Gasteiger partial charge in [-0.2, -0.15) is 0 Å². The monoisotopic (exact) mass is 600 g/mol. The van der Waals surface area contributed by atoms with Crippen LogP contribution in [0.4, 0.5) is 15.8 Å². The minimum atomic E-state index is -0.676. The maximum Gasteiger partial charge on any atom is 0.307 e. The number of hydrogen-bond acceptors (Lipinski definition) is 6. The number of benzene rings is 3. The molecule has 0 heterocycles. The molecule has 33 heavy (non-hydrogen) atoms. The molecule has 0 radical (unpaired) electrons. The van der Waals surface area contributed by atoms with Crippen LogP contribution in [-0.2, 0) is 6.54 Å². The van der Waals surface area contributed by atoms with E-state index in [9.17, 15) is 19.3 Å². The van der Waals surface area contributed by atoms with Gasteiger partial charge in [-0.1, -0.05) is 11.6 Å². The molecule has 0 atom stereocenters. The van der Waals surface area contributed by atoms with Crippen molar-refractivity contribution in [3.8, 4) is 11.5 Å². The highest BCUT2D eigenvalue weighted by Crippen LogP contribution is 2.42. The summed E-state index contributed by atoms with van der Waals surface area (Å²) in [5, 5.41) is 14.9. The lowest BCUT2D eigenvalue weighted by Gasteiger charge is -2.15. The van der Waals surface area contributed by atoms with Gasteiger partial charge in [-0.15, -0.1) is 0 Å². The number of nitro benzene ring substituents is 1. The van der Waals surface area contributed by atoms with Gasteiger partial charge in [-0.3, -0.25) is 14.9 Å². The van der Waals surface area contributed by atoms with E-state index in [1.54, 1.807) is 18.2 Å². The Morgan fingerprint density at radius 1 is 1.15 bits per heavy atom. The zero-order valence-corrected chi connectivity index (χ0v) is 21.2. The fraction of sp³-hybridized carbons (Fsp3) is 0.136. The second-order valence-corrected chi connectivity index (χ2v) is 8.74. The number of ether oxygens (including phenoxy) is 2. The molecule has 0 aliphatic carbocycles. The maximum atomic E-state index is 13.7. The van der Waals surface area contributed by atoms with Crippen molar-refractivity contribution in [3.63, 3.8) is 0 Å². The van der Waals surface area contributed by atoms with Gasteiger partial charge in [-0.25, -0.2) is 4.39 Å². The van der Waals surface area contributed by atoms with Gasteiger partial charge in [0.15, 0.2) is 5.78 Å². The molecule has 0 aromatic heterocycles. The Bertz CT molecular complexity index is 1260. The van der Waals surface area contributed by atoms with E-state index < -0.39 is 16.5 Å². The van der Waals surface area contributed by atoms with E-state index in [1.807, 2.05) is 0 Å². The number of carbonyl (C=O) groups excluding carboxylic acids is 1. The van der Waals surface area contributed by atoms with Crippen molar-refractivity contribution in [2.45, 2.75) is 6.54 Å². The summed E-state index contributed by atoms with van der Waals surface area (Å²) in [5.41, 5.74) is 0.351. The van der Waals surface area contributed by atoms with Crippen LogP contribution in [0.25, 0.3) is 0 Å². The Morgan fingerprint density at radius 3 is 2.52 bits per heavy atom. The number of nitrogens with one attached hydrogen (secondary N) is 1. The molecule has 0 spiro atoms. The summed E-state index contributed by atoms with van der Waals surface area (Å²) in [7, 11) is 3.04. The molecule has 3 rings (SSSR count). The van der Waals surface area contributed by atoms with Crippen LogP contribution >= 0.6 is 43.5 Å². The summed E-state index contributed by atoms with van der Waals surface area (Å²) in [6, 6.07) is 9.97. The van der Waals surface area contributed by atoms with Gasteiger partial charge in [0, 0.05) is 28.2 Å².